The maximum absolute atomic E-state index is 11.9. The third kappa shape index (κ3) is 1.85. The third-order valence-corrected chi connectivity index (χ3v) is 3.55. The van der Waals surface area contributed by atoms with Crippen molar-refractivity contribution in [2.45, 2.75) is 32.6 Å². The van der Waals surface area contributed by atoms with E-state index in [1.807, 2.05) is 13.0 Å². The molecule has 1 atom stereocenters. The normalized spacial score (nSPS) is 26.6. The highest BCUT2D eigenvalue weighted by Crippen LogP contribution is 2.34. The first kappa shape index (κ1) is 10.5. The molecule has 15 heavy (non-hydrogen) atoms. The topological polar surface area (TPSA) is 20.3 Å². The van der Waals surface area contributed by atoms with E-state index in [2.05, 4.69) is 11.5 Å². The van der Waals surface area contributed by atoms with Crippen molar-refractivity contribution in [2.24, 2.45) is 5.92 Å². The van der Waals surface area contributed by atoms with Gasteiger partial charge in [0.1, 0.15) is 0 Å². The lowest BCUT2D eigenvalue weighted by Gasteiger charge is -2.20. The molecule has 82 valence electrons. The monoisotopic (exact) mass is 205 g/mol. The molecule has 1 aliphatic heterocycles. The lowest BCUT2D eigenvalue weighted by molar-refractivity contribution is -0.118. The molecule has 2 rings (SSSR count). The first-order chi connectivity index (χ1) is 7.24. The molecule has 1 heterocycles. The molecule has 1 fully saturated rings. The summed E-state index contributed by atoms with van der Waals surface area (Å²) >= 11 is 0. The van der Waals surface area contributed by atoms with Gasteiger partial charge < -0.3 is 4.90 Å². The zero-order chi connectivity index (χ0) is 10.8. The molecule has 2 heteroatoms. The Hall–Kier alpha value is -1.05. The minimum Gasteiger partial charge on any atom is -0.374 e. The van der Waals surface area contributed by atoms with Crippen molar-refractivity contribution >= 4 is 5.78 Å². The van der Waals surface area contributed by atoms with Crippen molar-refractivity contribution < 1.29 is 4.79 Å². The molecule has 0 aromatic rings. The average molecular weight is 205 g/mol. The summed E-state index contributed by atoms with van der Waals surface area (Å²) in [5.74, 6) is 0.523. The molecule has 0 amide bonds. The van der Waals surface area contributed by atoms with Crippen LogP contribution in [0.1, 0.15) is 32.6 Å². The first-order valence-corrected chi connectivity index (χ1v) is 5.84. The molecular formula is C13H19NO. The van der Waals surface area contributed by atoms with Gasteiger partial charge in [0.15, 0.2) is 5.78 Å². The largest absolute Gasteiger partial charge is 0.374 e. The van der Waals surface area contributed by atoms with Crippen LogP contribution in [0.2, 0.25) is 0 Å². The van der Waals surface area contributed by atoms with E-state index >= 15 is 0 Å². The van der Waals surface area contributed by atoms with Crippen LogP contribution in [0.3, 0.4) is 0 Å². The van der Waals surface area contributed by atoms with Gasteiger partial charge in [0, 0.05) is 30.3 Å². The Kier molecular flexibility index (Phi) is 2.94. The molecule has 0 N–H and O–H groups in total. The van der Waals surface area contributed by atoms with Crippen molar-refractivity contribution in [3.63, 3.8) is 0 Å². The van der Waals surface area contributed by atoms with Gasteiger partial charge in [-0.05, 0) is 32.6 Å². The number of nitrogens with zero attached hydrogens (tertiary/aromatic N) is 1. The minimum atomic E-state index is 0.179. The Bertz CT molecular complexity index is 310. The number of ketones is 1. The fourth-order valence-corrected chi connectivity index (χ4v) is 2.67. The van der Waals surface area contributed by atoms with Gasteiger partial charge in [0.2, 0.25) is 0 Å². The van der Waals surface area contributed by atoms with Crippen molar-refractivity contribution in [3.05, 3.63) is 23.9 Å². The molecule has 0 aromatic heterocycles. The van der Waals surface area contributed by atoms with Gasteiger partial charge in [-0.15, -0.1) is 6.58 Å². The van der Waals surface area contributed by atoms with Crippen LogP contribution < -0.4 is 0 Å². The number of hydrogen-bond acceptors (Lipinski definition) is 2. The standard InChI is InChI=1S/C13H19NO/c1-3-6-11-9-12(10(2)13(11)15)14-7-4-5-8-14/h3,11H,1,4-9H2,2H3. The molecule has 0 spiro atoms. The SMILES string of the molecule is C=CCC1CC(N2CCCC2)=C(C)C1=O. The van der Waals surface area contributed by atoms with Gasteiger partial charge >= 0.3 is 0 Å². The van der Waals surface area contributed by atoms with Crippen molar-refractivity contribution in [1.82, 2.24) is 4.90 Å². The van der Waals surface area contributed by atoms with Crippen molar-refractivity contribution in [1.29, 1.82) is 0 Å². The fraction of sp³-hybridized carbons (Fsp3) is 0.615. The molecule has 2 nitrogen and oxygen atoms in total. The second-order valence-electron chi connectivity index (χ2n) is 4.56. The Morgan fingerprint density at radius 3 is 2.73 bits per heavy atom. The number of carbonyl (C=O) groups is 1. The van der Waals surface area contributed by atoms with E-state index in [4.69, 9.17) is 0 Å². The second-order valence-corrected chi connectivity index (χ2v) is 4.56. The van der Waals surface area contributed by atoms with Gasteiger partial charge in [-0.25, -0.2) is 0 Å². The Balaban J connectivity index is 2.11. The average Bonchev–Trinajstić information content (AvgIpc) is 2.82. The van der Waals surface area contributed by atoms with Crippen LogP contribution in [0.5, 0.6) is 0 Å². The number of hydrogen-bond donors (Lipinski definition) is 0. The van der Waals surface area contributed by atoms with E-state index < -0.39 is 0 Å². The smallest absolute Gasteiger partial charge is 0.164 e. The van der Waals surface area contributed by atoms with Crippen LogP contribution >= 0.6 is 0 Å². The zero-order valence-electron chi connectivity index (χ0n) is 9.46. The number of allylic oxidation sites excluding steroid dienone is 3. The van der Waals surface area contributed by atoms with E-state index in [0.717, 1.165) is 31.5 Å². The van der Waals surface area contributed by atoms with E-state index in [1.165, 1.54) is 18.5 Å². The molecule has 0 saturated carbocycles. The summed E-state index contributed by atoms with van der Waals surface area (Å²) in [6.45, 7) is 7.99. The van der Waals surface area contributed by atoms with Gasteiger partial charge in [-0.1, -0.05) is 6.08 Å². The summed E-state index contributed by atoms with van der Waals surface area (Å²) in [5.41, 5.74) is 2.31. The lowest BCUT2D eigenvalue weighted by atomic mass is 10.0. The molecular weight excluding hydrogens is 186 g/mol. The third-order valence-electron chi connectivity index (χ3n) is 3.55. The van der Waals surface area contributed by atoms with Gasteiger partial charge in [-0.2, -0.15) is 0 Å². The maximum atomic E-state index is 11.9. The summed E-state index contributed by atoms with van der Waals surface area (Å²) in [4.78, 5) is 14.3. The van der Waals surface area contributed by atoms with Crippen LogP contribution in [-0.4, -0.2) is 23.8 Å². The van der Waals surface area contributed by atoms with Crippen LogP contribution in [-0.2, 0) is 4.79 Å². The lowest BCUT2D eigenvalue weighted by Crippen LogP contribution is -2.18. The van der Waals surface area contributed by atoms with Crippen molar-refractivity contribution in [3.8, 4) is 0 Å². The fourth-order valence-electron chi connectivity index (χ4n) is 2.67. The first-order valence-electron chi connectivity index (χ1n) is 5.84. The molecule has 1 saturated heterocycles. The Morgan fingerprint density at radius 2 is 2.13 bits per heavy atom. The second kappa shape index (κ2) is 4.21. The summed E-state index contributed by atoms with van der Waals surface area (Å²) in [6.07, 6.45) is 6.18. The molecule has 0 aromatic carbocycles. The highest BCUT2D eigenvalue weighted by molar-refractivity contribution is 6.00. The van der Waals surface area contributed by atoms with E-state index in [0.29, 0.717) is 5.78 Å². The van der Waals surface area contributed by atoms with E-state index in [-0.39, 0.29) is 5.92 Å². The minimum absolute atomic E-state index is 0.179. The summed E-state index contributed by atoms with van der Waals surface area (Å²) in [5, 5.41) is 0. The van der Waals surface area contributed by atoms with Crippen LogP contribution in [0.15, 0.2) is 23.9 Å². The maximum Gasteiger partial charge on any atom is 0.164 e. The Morgan fingerprint density at radius 1 is 1.47 bits per heavy atom. The summed E-state index contributed by atoms with van der Waals surface area (Å²) < 4.78 is 0. The predicted molar refractivity (Wildman–Crippen MR) is 61.4 cm³/mol. The summed E-state index contributed by atoms with van der Waals surface area (Å²) in [6, 6.07) is 0. The van der Waals surface area contributed by atoms with E-state index in [9.17, 15) is 4.79 Å². The molecule has 1 aliphatic carbocycles. The predicted octanol–water partition coefficient (Wildman–Crippen LogP) is 2.52. The van der Waals surface area contributed by atoms with Crippen molar-refractivity contribution in [2.75, 3.05) is 13.1 Å². The molecule has 2 aliphatic rings. The molecule has 0 bridgehead atoms. The van der Waals surface area contributed by atoms with E-state index in [1.54, 1.807) is 0 Å². The number of Topliss-reactive ketones (excluding diaryl/α,β-unsaturated/α-hetero) is 1. The number of rotatable bonds is 3. The molecule has 0 radical (unpaired) electrons. The summed E-state index contributed by atoms with van der Waals surface area (Å²) in [7, 11) is 0. The van der Waals surface area contributed by atoms with Crippen LogP contribution in [0, 0.1) is 5.92 Å². The number of likely N-dealkylation sites (tertiary alicyclic amines) is 1. The molecule has 1 unspecified atom stereocenters. The van der Waals surface area contributed by atoms with Gasteiger partial charge in [0.05, 0.1) is 0 Å². The Labute approximate surface area is 91.6 Å². The highest BCUT2D eigenvalue weighted by Gasteiger charge is 2.32. The van der Waals surface area contributed by atoms with Gasteiger partial charge in [-0.3, -0.25) is 4.79 Å². The van der Waals surface area contributed by atoms with Gasteiger partial charge in [0.25, 0.3) is 0 Å². The van der Waals surface area contributed by atoms with Crippen LogP contribution in [0.25, 0.3) is 0 Å². The quantitative estimate of drug-likeness (QED) is 0.660. The van der Waals surface area contributed by atoms with Crippen LogP contribution in [0.4, 0.5) is 0 Å². The highest BCUT2D eigenvalue weighted by atomic mass is 16.1. The zero-order valence-corrected chi connectivity index (χ0v) is 9.46. The number of carbonyl (C=O) groups excluding carboxylic acids is 1.